The highest BCUT2D eigenvalue weighted by Crippen LogP contribution is 2.24. The zero-order valence-electron chi connectivity index (χ0n) is 11.8. The molecular weight excluding hydrogens is 332 g/mol. The molecule has 0 aliphatic rings. The van der Waals surface area contributed by atoms with Crippen molar-refractivity contribution in [2.24, 2.45) is 5.73 Å². The van der Waals surface area contributed by atoms with Crippen LogP contribution in [0.2, 0.25) is 0 Å². The lowest BCUT2D eigenvalue weighted by Crippen LogP contribution is -2.25. The Morgan fingerprint density at radius 2 is 2.00 bits per heavy atom. The monoisotopic (exact) mass is 348 g/mol. The van der Waals surface area contributed by atoms with E-state index in [9.17, 15) is 10.1 Å². The van der Waals surface area contributed by atoms with Gasteiger partial charge in [0.15, 0.2) is 0 Å². The Hall–Kier alpha value is -1.72. The van der Waals surface area contributed by atoms with Crippen LogP contribution < -0.4 is 5.73 Å². The average Bonchev–Trinajstić information content (AvgIpc) is 2.40. The van der Waals surface area contributed by atoms with Crippen LogP contribution in [0.4, 0.5) is 5.69 Å². The van der Waals surface area contributed by atoms with Crippen LogP contribution in [0.5, 0.6) is 0 Å². The van der Waals surface area contributed by atoms with E-state index < -0.39 is 4.92 Å². The standard InChI is InChI=1S/C16H17BrN2O2/c1-11-3-2-4-12(7-11)8-14(18)9-13-5-6-15(19(20)21)10-16(13)17/h2-7,10,14H,8-9,18H2,1H3. The molecule has 2 aromatic rings. The molecule has 0 aliphatic carbocycles. The van der Waals surface area contributed by atoms with Crippen molar-refractivity contribution in [3.63, 3.8) is 0 Å². The van der Waals surface area contributed by atoms with Crippen LogP contribution in [-0.4, -0.2) is 11.0 Å². The number of nitro groups is 1. The number of hydrogen-bond acceptors (Lipinski definition) is 3. The molecule has 5 heteroatoms. The quantitative estimate of drug-likeness (QED) is 0.660. The van der Waals surface area contributed by atoms with Crippen molar-refractivity contribution in [3.05, 3.63) is 73.7 Å². The lowest BCUT2D eigenvalue weighted by Gasteiger charge is -2.13. The van der Waals surface area contributed by atoms with Gasteiger partial charge in [-0.1, -0.05) is 51.8 Å². The Balaban J connectivity index is 2.06. The molecule has 0 radical (unpaired) electrons. The van der Waals surface area contributed by atoms with Crippen molar-refractivity contribution < 1.29 is 4.92 Å². The van der Waals surface area contributed by atoms with E-state index in [-0.39, 0.29) is 11.7 Å². The molecule has 0 heterocycles. The Kier molecular flexibility index (Phi) is 5.09. The summed E-state index contributed by atoms with van der Waals surface area (Å²) < 4.78 is 0.733. The maximum atomic E-state index is 10.7. The van der Waals surface area contributed by atoms with Crippen LogP contribution in [0.3, 0.4) is 0 Å². The number of hydrogen-bond donors (Lipinski definition) is 1. The molecule has 2 rings (SSSR count). The summed E-state index contributed by atoms with van der Waals surface area (Å²) in [6.07, 6.45) is 1.46. The number of non-ortho nitro benzene ring substituents is 1. The Bertz CT molecular complexity index is 658. The van der Waals surface area contributed by atoms with Gasteiger partial charge in [-0.05, 0) is 30.9 Å². The van der Waals surface area contributed by atoms with Crippen molar-refractivity contribution >= 4 is 21.6 Å². The lowest BCUT2D eigenvalue weighted by atomic mass is 9.99. The second-order valence-electron chi connectivity index (χ2n) is 5.19. The molecule has 0 spiro atoms. The van der Waals surface area contributed by atoms with Gasteiger partial charge in [-0.2, -0.15) is 0 Å². The summed E-state index contributed by atoms with van der Waals surface area (Å²) in [4.78, 5) is 10.3. The Morgan fingerprint density at radius 1 is 1.24 bits per heavy atom. The number of benzene rings is 2. The van der Waals surface area contributed by atoms with Gasteiger partial charge < -0.3 is 5.73 Å². The van der Waals surface area contributed by atoms with Crippen LogP contribution in [0, 0.1) is 17.0 Å². The predicted molar refractivity (Wildman–Crippen MR) is 87.4 cm³/mol. The summed E-state index contributed by atoms with van der Waals surface area (Å²) in [7, 11) is 0. The van der Waals surface area contributed by atoms with Gasteiger partial charge in [0.25, 0.3) is 5.69 Å². The van der Waals surface area contributed by atoms with Gasteiger partial charge in [0.2, 0.25) is 0 Å². The van der Waals surface area contributed by atoms with Gasteiger partial charge in [0.05, 0.1) is 4.92 Å². The molecule has 4 nitrogen and oxygen atoms in total. The molecule has 21 heavy (non-hydrogen) atoms. The first-order valence-corrected chi connectivity index (χ1v) is 7.49. The van der Waals surface area contributed by atoms with Gasteiger partial charge >= 0.3 is 0 Å². The molecule has 2 aromatic carbocycles. The second-order valence-corrected chi connectivity index (χ2v) is 6.04. The largest absolute Gasteiger partial charge is 0.327 e. The number of nitro benzene ring substituents is 1. The average molecular weight is 349 g/mol. The van der Waals surface area contributed by atoms with Gasteiger partial charge in [-0.15, -0.1) is 0 Å². The van der Waals surface area contributed by atoms with Crippen molar-refractivity contribution in [1.82, 2.24) is 0 Å². The molecule has 0 fully saturated rings. The zero-order valence-corrected chi connectivity index (χ0v) is 13.3. The molecule has 0 aliphatic heterocycles. The number of halogens is 1. The molecule has 0 saturated heterocycles. The number of rotatable bonds is 5. The van der Waals surface area contributed by atoms with E-state index in [0.717, 1.165) is 16.5 Å². The molecule has 1 unspecified atom stereocenters. The predicted octanol–water partition coefficient (Wildman–Crippen LogP) is 3.78. The van der Waals surface area contributed by atoms with Gasteiger partial charge in [0.1, 0.15) is 0 Å². The van der Waals surface area contributed by atoms with E-state index >= 15 is 0 Å². The van der Waals surface area contributed by atoms with Gasteiger partial charge in [0, 0.05) is 22.6 Å². The van der Waals surface area contributed by atoms with Crippen LogP contribution in [0.1, 0.15) is 16.7 Å². The summed E-state index contributed by atoms with van der Waals surface area (Å²) >= 11 is 3.38. The highest BCUT2D eigenvalue weighted by molar-refractivity contribution is 9.10. The fourth-order valence-electron chi connectivity index (χ4n) is 2.31. The first-order valence-electron chi connectivity index (χ1n) is 6.69. The summed E-state index contributed by atoms with van der Waals surface area (Å²) in [5.41, 5.74) is 9.70. The number of nitrogens with two attached hydrogens (primary N) is 1. The molecule has 2 N–H and O–H groups in total. The molecule has 0 aromatic heterocycles. The number of aryl methyl sites for hydroxylation is 1. The highest BCUT2D eigenvalue weighted by atomic mass is 79.9. The van der Waals surface area contributed by atoms with Crippen molar-refractivity contribution in [1.29, 1.82) is 0 Å². The summed E-state index contributed by atoms with van der Waals surface area (Å²) in [5.74, 6) is 0. The normalized spacial score (nSPS) is 12.1. The summed E-state index contributed by atoms with van der Waals surface area (Å²) in [6.45, 7) is 2.06. The minimum Gasteiger partial charge on any atom is -0.327 e. The third-order valence-corrected chi connectivity index (χ3v) is 4.05. The molecule has 0 bridgehead atoms. The van der Waals surface area contributed by atoms with E-state index in [1.807, 2.05) is 6.07 Å². The van der Waals surface area contributed by atoms with E-state index in [1.54, 1.807) is 6.07 Å². The minimum atomic E-state index is -0.402. The third kappa shape index (κ3) is 4.37. The Morgan fingerprint density at radius 3 is 2.62 bits per heavy atom. The summed E-state index contributed by atoms with van der Waals surface area (Å²) in [6, 6.07) is 13.1. The minimum absolute atomic E-state index is 0.0236. The maximum Gasteiger partial charge on any atom is 0.270 e. The maximum absolute atomic E-state index is 10.7. The molecule has 0 amide bonds. The van der Waals surface area contributed by atoms with E-state index in [2.05, 4.69) is 41.1 Å². The molecule has 0 saturated carbocycles. The number of nitrogens with zero attached hydrogens (tertiary/aromatic N) is 1. The smallest absolute Gasteiger partial charge is 0.270 e. The SMILES string of the molecule is Cc1cccc(CC(N)Cc2ccc([N+](=O)[O-])cc2Br)c1. The highest BCUT2D eigenvalue weighted by Gasteiger charge is 2.12. The van der Waals surface area contributed by atoms with E-state index in [0.29, 0.717) is 6.42 Å². The van der Waals surface area contributed by atoms with Crippen LogP contribution in [0.25, 0.3) is 0 Å². The molecular formula is C16H17BrN2O2. The van der Waals surface area contributed by atoms with Crippen LogP contribution in [0.15, 0.2) is 46.9 Å². The fourth-order valence-corrected chi connectivity index (χ4v) is 2.84. The van der Waals surface area contributed by atoms with Crippen LogP contribution in [-0.2, 0) is 12.8 Å². The molecule has 1 atom stereocenters. The first kappa shape index (κ1) is 15.7. The van der Waals surface area contributed by atoms with Crippen molar-refractivity contribution in [2.45, 2.75) is 25.8 Å². The fraction of sp³-hybridized carbons (Fsp3) is 0.250. The van der Waals surface area contributed by atoms with Crippen LogP contribution >= 0.6 is 15.9 Å². The van der Waals surface area contributed by atoms with Crippen molar-refractivity contribution in [2.75, 3.05) is 0 Å². The second kappa shape index (κ2) is 6.83. The molecule has 110 valence electrons. The van der Waals surface area contributed by atoms with Gasteiger partial charge in [-0.25, -0.2) is 0 Å². The topological polar surface area (TPSA) is 69.2 Å². The van der Waals surface area contributed by atoms with Crippen molar-refractivity contribution in [3.8, 4) is 0 Å². The Labute approximate surface area is 132 Å². The van der Waals surface area contributed by atoms with E-state index in [1.165, 1.54) is 23.3 Å². The van der Waals surface area contributed by atoms with Gasteiger partial charge in [-0.3, -0.25) is 10.1 Å². The van der Waals surface area contributed by atoms with E-state index in [4.69, 9.17) is 5.73 Å². The lowest BCUT2D eigenvalue weighted by molar-refractivity contribution is -0.384. The zero-order chi connectivity index (χ0) is 15.4. The first-order chi connectivity index (χ1) is 9.95. The summed E-state index contributed by atoms with van der Waals surface area (Å²) in [5, 5.41) is 10.7. The third-order valence-electron chi connectivity index (χ3n) is 3.31.